The Bertz CT molecular complexity index is 517. The number of rotatable bonds is 6. The van der Waals surface area contributed by atoms with Gasteiger partial charge in [0.2, 0.25) is 0 Å². The number of carbonyl (C=O) groups is 1. The molecule has 1 unspecified atom stereocenters. The van der Waals surface area contributed by atoms with Gasteiger partial charge in [0, 0.05) is 22.2 Å². The number of amides is 1. The third-order valence-corrected chi connectivity index (χ3v) is 3.76. The van der Waals surface area contributed by atoms with E-state index in [4.69, 9.17) is 0 Å². The lowest BCUT2D eigenvalue weighted by Crippen LogP contribution is -2.40. The number of nitrogens with one attached hydrogen (secondary N) is 1. The second-order valence-electron chi connectivity index (χ2n) is 4.85. The van der Waals surface area contributed by atoms with Gasteiger partial charge in [-0.15, -0.1) is 0 Å². The molecule has 0 aliphatic heterocycles. The zero-order chi connectivity index (χ0) is 15.3. The van der Waals surface area contributed by atoms with E-state index in [1.807, 2.05) is 29.5 Å². The van der Waals surface area contributed by atoms with Gasteiger partial charge in [0.25, 0.3) is 11.6 Å². The van der Waals surface area contributed by atoms with Crippen LogP contribution in [0.15, 0.2) is 18.2 Å². The number of halogens is 1. The smallest absolute Gasteiger partial charge is 0.270 e. The van der Waals surface area contributed by atoms with Crippen molar-refractivity contribution in [1.82, 2.24) is 5.32 Å². The summed E-state index contributed by atoms with van der Waals surface area (Å²) in [4.78, 5) is 22.2. The van der Waals surface area contributed by atoms with E-state index in [2.05, 4.69) is 5.32 Å². The highest BCUT2D eigenvalue weighted by molar-refractivity contribution is 14.1. The molecule has 0 saturated heterocycles. The second kappa shape index (κ2) is 6.98. The highest BCUT2D eigenvalue weighted by Gasteiger charge is 2.22. The Balaban J connectivity index is 2.82. The van der Waals surface area contributed by atoms with E-state index in [1.165, 1.54) is 18.2 Å². The van der Waals surface area contributed by atoms with Crippen molar-refractivity contribution in [1.29, 1.82) is 0 Å². The molecular weight excluding hydrogens is 375 g/mol. The molecule has 0 fully saturated rings. The summed E-state index contributed by atoms with van der Waals surface area (Å²) >= 11 is 1.95. The number of benzene rings is 1. The Morgan fingerprint density at radius 1 is 1.55 bits per heavy atom. The fraction of sp³-hybridized carbons (Fsp3) is 0.462. The van der Waals surface area contributed by atoms with Gasteiger partial charge >= 0.3 is 0 Å². The van der Waals surface area contributed by atoms with Gasteiger partial charge in [0.15, 0.2) is 0 Å². The Morgan fingerprint density at radius 2 is 2.20 bits per heavy atom. The molecule has 0 aromatic heterocycles. The van der Waals surface area contributed by atoms with Gasteiger partial charge in [-0.25, -0.2) is 0 Å². The SMILES string of the molecule is CCCC(C)(O)CNC(=O)c1cc([N+](=O)[O-])ccc1I. The number of nitro benzene ring substituents is 1. The molecule has 7 heteroatoms. The van der Waals surface area contributed by atoms with Crippen LogP contribution in [0.25, 0.3) is 0 Å². The average molecular weight is 392 g/mol. The predicted octanol–water partition coefficient (Wildman–Crippen LogP) is 2.48. The zero-order valence-corrected chi connectivity index (χ0v) is 13.5. The predicted molar refractivity (Wildman–Crippen MR) is 83.7 cm³/mol. The van der Waals surface area contributed by atoms with E-state index in [-0.39, 0.29) is 17.8 Å². The minimum absolute atomic E-state index is 0.110. The van der Waals surface area contributed by atoms with Crippen molar-refractivity contribution in [2.75, 3.05) is 6.54 Å². The van der Waals surface area contributed by atoms with Crippen LogP contribution in [0.2, 0.25) is 0 Å². The van der Waals surface area contributed by atoms with Gasteiger partial charge in [-0.3, -0.25) is 14.9 Å². The molecule has 0 aliphatic carbocycles. The van der Waals surface area contributed by atoms with Gasteiger partial charge in [-0.05, 0) is 42.0 Å². The molecule has 0 saturated carbocycles. The molecule has 1 atom stereocenters. The summed E-state index contributed by atoms with van der Waals surface area (Å²) < 4.78 is 0.626. The molecular formula is C13H17IN2O4. The summed E-state index contributed by atoms with van der Waals surface area (Å²) in [5.74, 6) is -0.422. The van der Waals surface area contributed by atoms with Crippen molar-refractivity contribution in [3.8, 4) is 0 Å². The van der Waals surface area contributed by atoms with Crippen LogP contribution >= 0.6 is 22.6 Å². The summed E-state index contributed by atoms with van der Waals surface area (Å²) in [6, 6.07) is 4.12. The van der Waals surface area contributed by atoms with Crippen LogP contribution in [-0.4, -0.2) is 28.1 Å². The first-order valence-corrected chi connectivity index (χ1v) is 7.29. The number of nitro groups is 1. The van der Waals surface area contributed by atoms with Crippen LogP contribution in [0.3, 0.4) is 0 Å². The van der Waals surface area contributed by atoms with E-state index in [1.54, 1.807) is 6.92 Å². The number of hydrogen-bond donors (Lipinski definition) is 2. The Kier molecular flexibility index (Phi) is 5.88. The minimum atomic E-state index is -0.976. The van der Waals surface area contributed by atoms with Gasteiger partial charge in [0.05, 0.1) is 16.1 Å². The summed E-state index contributed by atoms with van der Waals surface area (Å²) in [5.41, 5.74) is -0.862. The van der Waals surface area contributed by atoms with E-state index < -0.39 is 16.4 Å². The zero-order valence-electron chi connectivity index (χ0n) is 11.4. The molecule has 1 aromatic rings. The van der Waals surface area contributed by atoms with E-state index >= 15 is 0 Å². The number of aliphatic hydroxyl groups is 1. The van der Waals surface area contributed by atoms with Crippen LogP contribution in [0.1, 0.15) is 37.0 Å². The topological polar surface area (TPSA) is 92.5 Å². The number of nitrogens with zero attached hydrogens (tertiary/aromatic N) is 1. The summed E-state index contributed by atoms with van der Waals surface area (Å²) in [6.45, 7) is 3.70. The molecule has 1 amide bonds. The molecule has 2 N–H and O–H groups in total. The Hall–Kier alpha value is -1.22. The molecule has 110 valence electrons. The van der Waals surface area contributed by atoms with Crippen molar-refractivity contribution in [3.63, 3.8) is 0 Å². The summed E-state index contributed by atoms with van der Waals surface area (Å²) in [7, 11) is 0. The molecule has 20 heavy (non-hydrogen) atoms. The maximum absolute atomic E-state index is 12.0. The van der Waals surface area contributed by atoms with Crippen molar-refractivity contribution >= 4 is 34.2 Å². The quantitative estimate of drug-likeness (QED) is 0.442. The molecule has 0 radical (unpaired) electrons. The van der Waals surface area contributed by atoms with Crippen molar-refractivity contribution < 1.29 is 14.8 Å². The van der Waals surface area contributed by atoms with Crippen molar-refractivity contribution in [2.45, 2.75) is 32.3 Å². The highest BCUT2D eigenvalue weighted by Crippen LogP contribution is 2.20. The van der Waals surface area contributed by atoms with Crippen molar-refractivity contribution in [3.05, 3.63) is 37.4 Å². The van der Waals surface area contributed by atoms with Crippen molar-refractivity contribution in [2.24, 2.45) is 0 Å². The van der Waals surface area contributed by atoms with Gasteiger partial charge in [-0.2, -0.15) is 0 Å². The second-order valence-corrected chi connectivity index (χ2v) is 6.01. The van der Waals surface area contributed by atoms with Crippen LogP contribution < -0.4 is 5.32 Å². The molecule has 0 aliphatic rings. The number of non-ortho nitro benzene ring substituents is 1. The minimum Gasteiger partial charge on any atom is -0.388 e. The summed E-state index contributed by atoms with van der Waals surface area (Å²) in [6.07, 6.45) is 1.37. The molecule has 0 spiro atoms. The lowest BCUT2D eigenvalue weighted by atomic mass is 10.0. The standard InChI is InChI=1S/C13H17IN2O4/c1-3-6-13(2,18)8-15-12(17)10-7-9(16(19)20)4-5-11(10)14/h4-5,7,18H,3,6,8H2,1-2H3,(H,15,17). The van der Waals surface area contributed by atoms with E-state index in [0.29, 0.717) is 9.99 Å². The first-order chi connectivity index (χ1) is 9.26. The third kappa shape index (κ3) is 4.71. The van der Waals surface area contributed by atoms with E-state index in [9.17, 15) is 20.0 Å². The first kappa shape index (κ1) is 16.8. The average Bonchev–Trinajstić information content (AvgIpc) is 2.36. The molecule has 6 nitrogen and oxygen atoms in total. The van der Waals surface area contributed by atoms with Gasteiger partial charge in [0.1, 0.15) is 0 Å². The van der Waals surface area contributed by atoms with Crippen LogP contribution in [0, 0.1) is 13.7 Å². The number of carbonyl (C=O) groups excluding carboxylic acids is 1. The monoisotopic (exact) mass is 392 g/mol. The number of hydrogen-bond acceptors (Lipinski definition) is 4. The van der Waals surface area contributed by atoms with Crippen LogP contribution in [-0.2, 0) is 0 Å². The third-order valence-electron chi connectivity index (χ3n) is 2.82. The molecule has 1 rings (SSSR count). The van der Waals surface area contributed by atoms with Gasteiger partial charge < -0.3 is 10.4 Å². The molecule has 1 aromatic carbocycles. The lowest BCUT2D eigenvalue weighted by molar-refractivity contribution is -0.384. The van der Waals surface area contributed by atoms with Crippen LogP contribution in [0.4, 0.5) is 5.69 Å². The highest BCUT2D eigenvalue weighted by atomic mass is 127. The molecule has 0 bridgehead atoms. The lowest BCUT2D eigenvalue weighted by Gasteiger charge is -2.23. The molecule has 0 heterocycles. The van der Waals surface area contributed by atoms with Crippen LogP contribution in [0.5, 0.6) is 0 Å². The van der Waals surface area contributed by atoms with E-state index in [0.717, 1.165) is 6.42 Å². The Morgan fingerprint density at radius 3 is 2.75 bits per heavy atom. The fourth-order valence-electron chi connectivity index (χ4n) is 1.79. The Labute approximate surface area is 130 Å². The first-order valence-electron chi connectivity index (χ1n) is 6.21. The largest absolute Gasteiger partial charge is 0.388 e. The summed E-state index contributed by atoms with van der Waals surface area (Å²) in [5, 5.41) is 23.3. The normalized spacial score (nSPS) is 13.6. The maximum atomic E-state index is 12.0. The maximum Gasteiger partial charge on any atom is 0.270 e. The fourth-order valence-corrected chi connectivity index (χ4v) is 2.37. The van der Waals surface area contributed by atoms with Gasteiger partial charge in [-0.1, -0.05) is 13.3 Å².